The fourth-order valence-corrected chi connectivity index (χ4v) is 6.02. The molecular weight excluding hydrogens is 605 g/mol. The molecule has 3 aromatic carbocycles. The molecule has 43 heavy (non-hydrogen) atoms. The summed E-state index contributed by atoms with van der Waals surface area (Å²) in [6.07, 6.45) is 3.37. The van der Waals surface area contributed by atoms with Gasteiger partial charge in [-0.15, -0.1) is 0 Å². The molecule has 0 fully saturated rings. The van der Waals surface area contributed by atoms with Gasteiger partial charge in [0.2, 0.25) is 21.8 Å². The molecule has 0 radical (unpaired) electrons. The third kappa shape index (κ3) is 10.3. The van der Waals surface area contributed by atoms with Crippen molar-refractivity contribution in [3.8, 4) is 0 Å². The number of nitrogens with zero attached hydrogens (tertiary/aromatic N) is 2. The number of aryl methyl sites for hydroxylation is 1. The Balaban J connectivity index is 1.90. The Hall–Kier alpha value is -3.07. The van der Waals surface area contributed by atoms with Crippen molar-refractivity contribution in [1.29, 1.82) is 0 Å². The zero-order valence-electron chi connectivity index (χ0n) is 25.2. The first-order valence-corrected chi connectivity index (χ1v) is 17.2. The first-order chi connectivity index (χ1) is 20.4. The van der Waals surface area contributed by atoms with Crippen LogP contribution in [0.5, 0.6) is 0 Å². The molecule has 232 valence electrons. The average molecular weight is 647 g/mol. The number of halogens is 2. The quantitative estimate of drug-likeness (QED) is 0.200. The molecule has 0 aliphatic heterocycles. The van der Waals surface area contributed by atoms with Crippen molar-refractivity contribution in [3.05, 3.63) is 99.5 Å². The van der Waals surface area contributed by atoms with Gasteiger partial charge in [-0.2, -0.15) is 0 Å². The standard InChI is InChI=1S/C33H41Cl2N3O4S/c1-5-24(3)36-33(40)31(22-26-11-8-7-9-12-26)37(23-27-16-19-29(34)30(35)21-27)32(39)13-10-20-38(43(4,41)42)28-17-14-25(6-2)15-18-28/h7-9,11-12,14-19,21,24,31H,5-6,10,13,20,22-23H2,1-4H3,(H,36,40)/t24-,31+/m0/s1. The van der Waals surface area contributed by atoms with Gasteiger partial charge in [0.05, 0.1) is 22.0 Å². The van der Waals surface area contributed by atoms with E-state index in [0.717, 1.165) is 35.8 Å². The Morgan fingerprint density at radius 1 is 0.884 bits per heavy atom. The zero-order chi connectivity index (χ0) is 31.6. The maximum Gasteiger partial charge on any atom is 0.243 e. The van der Waals surface area contributed by atoms with Gasteiger partial charge >= 0.3 is 0 Å². The predicted molar refractivity (Wildman–Crippen MR) is 176 cm³/mol. The van der Waals surface area contributed by atoms with Crippen LogP contribution >= 0.6 is 23.2 Å². The van der Waals surface area contributed by atoms with E-state index in [9.17, 15) is 18.0 Å². The summed E-state index contributed by atoms with van der Waals surface area (Å²) in [4.78, 5) is 29.2. The van der Waals surface area contributed by atoms with E-state index < -0.39 is 16.1 Å². The summed E-state index contributed by atoms with van der Waals surface area (Å²) in [5.41, 5.74) is 3.29. The van der Waals surface area contributed by atoms with Gasteiger partial charge in [0.25, 0.3) is 0 Å². The van der Waals surface area contributed by atoms with Gasteiger partial charge in [0, 0.05) is 32.0 Å². The monoisotopic (exact) mass is 645 g/mol. The fourth-order valence-electron chi connectivity index (χ4n) is 4.73. The number of carbonyl (C=O) groups excluding carboxylic acids is 2. The molecule has 0 spiro atoms. The van der Waals surface area contributed by atoms with Gasteiger partial charge in [-0.05, 0) is 67.1 Å². The smallest absolute Gasteiger partial charge is 0.243 e. The Morgan fingerprint density at radius 2 is 1.53 bits per heavy atom. The molecule has 0 saturated carbocycles. The van der Waals surface area contributed by atoms with Gasteiger partial charge in [-0.1, -0.05) is 85.6 Å². The van der Waals surface area contributed by atoms with Gasteiger partial charge in [-0.25, -0.2) is 8.42 Å². The molecule has 0 heterocycles. The van der Waals surface area contributed by atoms with Crippen LogP contribution in [0.4, 0.5) is 5.69 Å². The highest BCUT2D eigenvalue weighted by molar-refractivity contribution is 7.92. The maximum absolute atomic E-state index is 14.0. The van der Waals surface area contributed by atoms with Crippen LogP contribution in [0.1, 0.15) is 56.7 Å². The van der Waals surface area contributed by atoms with Gasteiger partial charge in [0.1, 0.15) is 6.04 Å². The molecule has 0 aliphatic rings. The second-order valence-electron chi connectivity index (χ2n) is 10.8. The SMILES string of the molecule is CCc1ccc(N(CCCC(=O)N(Cc2ccc(Cl)c(Cl)c2)[C@H](Cc2ccccc2)C(=O)N[C@@H](C)CC)S(C)(=O)=O)cc1. The first-order valence-electron chi connectivity index (χ1n) is 14.6. The van der Waals surface area contributed by atoms with E-state index in [2.05, 4.69) is 5.32 Å². The fraction of sp³-hybridized carbons (Fsp3) is 0.394. The summed E-state index contributed by atoms with van der Waals surface area (Å²) in [6, 6.07) is 21.2. The van der Waals surface area contributed by atoms with E-state index in [1.54, 1.807) is 35.2 Å². The highest BCUT2D eigenvalue weighted by Gasteiger charge is 2.31. The minimum Gasteiger partial charge on any atom is -0.352 e. The minimum absolute atomic E-state index is 0.0439. The lowest BCUT2D eigenvalue weighted by Crippen LogP contribution is -2.52. The van der Waals surface area contributed by atoms with Crippen LogP contribution in [0, 0.1) is 0 Å². The summed E-state index contributed by atoms with van der Waals surface area (Å²) in [6.45, 7) is 6.20. The second-order valence-corrected chi connectivity index (χ2v) is 13.5. The topological polar surface area (TPSA) is 86.8 Å². The van der Waals surface area contributed by atoms with Crippen molar-refractivity contribution in [1.82, 2.24) is 10.2 Å². The van der Waals surface area contributed by atoms with Crippen LogP contribution in [0.15, 0.2) is 72.8 Å². The van der Waals surface area contributed by atoms with Crippen molar-refractivity contribution in [2.45, 2.75) is 71.5 Å². The lowest BCUT2D eigenvalue weighted by molar-refractivity contribution is -0.141. The Bertz CT molecular complexity index is 1470. The van der Waals surface area contributed by atoms with Crippen molar-refractivity contribution in [2.24, 2.45) is 0 Å². The summed E-state index contributed by atoms with van der Waals surface area (Å²) in [5.74, 6) is -0.513. The Morgan fingerprint density at radius 3 is 2.12 bits per heavy atom. The number of hydrogen-bond acceptors (Lipinski definition) is 4. The van der Waals surface area contributed by atoms with E-state index in [-0.39, 0.29) is 43.8 Å². The van der Waals surface area contributed by atoms with Crippen molar-refractivity contribution in [2.75, 3.05) is 17.1 Å². The molecule has 0 aliphatic carbocycles. The Kier molecular flexibility index (Phi) is 12.9. The van der Waals surface area contributed by atoms with Crippen molar-refractivity contribution in [3.63, 3.8) is 0 Å². The van der Waals surface area contributed by atoms with Crippen molar-refractivity contribution >= 4 is 50.7 Å². The van der Waals surface area contributed by atoms with Gasteiger partial charge in [-0.3, -0.25) is 13.9 Å². The molecule has 1 N–H and O–H groups in total. The van der Waals surface area contributed by atoms with Crippen LogP contribution in [-0.4, -0.2) is 50.0 Å². The molecule has 0 unspecified atom stereocenters. The third-order valence-electron chi connectivity index (χ3n) is 7.39. The summed E-state index contributed by atoms with van der Waals surface area (Å²) < 4.78 is 26.7. The minimum atomic E-state index is -3.58. The number of hydrogen-bond donors (Lipinski definition) is 1. The van der Waals surface area contributed by atoms with Crippen molar-refractivity contribution < 1.29 is 18.0 Å². The predicted octanol–water partition coefficient (Wildman–Crippen LogP) is 6.66. The third-order valence-corrected chi connectivity index (χ3v) is 9.33. The van der Waals surface area contributed by atoms with Gasteiger partial charge < -0.3 is 10.2 Å². The molecular formula is C33H41Cl2N3O4S. The first kappa shape index (κ1) is 34.4. The van der Waals surface area contributed by atoms with E-state index >= 15 is 0 Å². The number of amides is 2. The number of sulfonamides is 1. The van der Waals surface area contributed by atoms with E-state index in [0.29, 0.717) is 22.2 Å². The van der Waals surface area contributed by atoms with Crippen LogP contribution in [0.3, 0.4) is 0 Å². The van der Waals surface area contributed by atoms with Gasteiger partial charge in [0.15, 0.2) is 0 Å². The molecule has 0 aromatic heterocycles. The largest absolute Gasteiger partial charge is 0.352 e. The molecule has 2 amide bonds. The number of carbonyl (C=O) groups is 2. The summed E-state index contributed by atoms with van der Waals surface area (Å²) >= 11 is 12.4. The van der Waals surface area contributed by atoms with Crippen LogP contribution in [0.25, 0.3) is 0 Å². The second kappa shape index (κ2) is 16.1. The molecule has 7 nitrogen and oxygen atoms in total. The summed E-state index contributed by atoms with van der Waals surface area (Å²) in [7, 11) is -3.58. The van der Waals surface area contributed by atoms with E-state index in [1.807, 2.05) is 63.2 Å². The lowest BCUT2D eigenvalue weighted by Gasteiger charge is -2.33. The number of anilines is 1. The molecule has 0 saturated heterocycles. The molecule has 10 heteroatoms. The highest BCUT2D eigenvalue weighted by Crippen LogP contribution is 2.25. The molecule has 2 atom stereocenters. The Labute approximate surface area is 266 Å². The average Bonchev–Trinajstić information content (AvgIpc) is 2.98. The summed E-state index contributed by atoms with van der Waals surface area (Å²) in [5, 5.41) is 3.80. The number of benzene rings is 3. The molecule has 3 aromatic rings. The van der Waals surface area contributed by atoms with Crippen LogP contribution < -0.4 is 9.62 Å². The zero-order valence-corrected chi connectivity index (χ0v) is 27.6. The highest BCUT2D eigenvalue weighted by atomic mass is 35.5. The van der Waals surface area contributed by atoms with E-state index in [4.69, 9.17) is 23.2 Å². The van der Waals surface area contributed by atoms with E-state index in [1.165, 1.54) is 4.31 Å². The van der Waals surface area contributed by atoms with Crippen LogP contribution in [-0.2, 0) is 39.0 Å². The normalized spacial score (nSPS) is 12.8. The lowest BCUT2D eigenvalue weighted by atomic mass is 10.0. The molecule has 0 bridgehead atoms. The van der Waals surface area contributed by atoms with Crippen LogP contribution in [0.2, 0.25) is 10.0 Å². The number of rotatable bonds is 15. The number of nitrogens with one attached hydrogen (secondary N) is 1. The maximum atomic E-state index is 14.0. The molecule has 3 rings (SSSR count).